The number of hydrogen-bond acceptors (Lipinski definition) is 6. The van der Waals surface area contributed by atoms with Crippen LogP contribution in [0.25, 0.3) is 6.08 Å². The van der Waals surface area contributed by atoms with Gasteiger partial charge in [0.25, 0.3) is 0 Å². The van der Waals surface area contributed by atoms with Crippen molar-refractivity contribution in [3.8, 4) is 11.5 Å². The average Bonchev–Trinajstić information content (AvgIpc) is 3.40. The first-order chi connectivity index (χ1) is 13.7. The predicted molar refractivity (Wildman–Crippen MR) is 109 cm³/mol. The molecular formula is C20H21ClN2O4S. The summed E-state index contributed by atoms with van der Waals surface area (Å²) < 4.78 is 16.1. The molecule has 2 aliphatic heterocycles. The monoisotopic (exact) mass is 420 g/mol. The predicted octanol–water partition coefficient (Wildman–Crippen LogP) is 3.33. The lowest BCUT2D eigenvalue weighted by molar-refractivity contribution is -0.116. The van der Waals surface area contributed by atoms with Crippen LogP contribution in [0.15, 0.2) is 35.7 Å². The summed E-state index contributed by atoms with van der Waals surface area (Å²) in [6.07, 6.45) is 3.23. The van der Waals surface area contributed by atoms with Gasteiger partial charge < -0.3 is 19.5 Å². The highest BCUT2D eigenvalue weighted by Crippen LogP contribution is 2.40. The van der Waals surface area contributed by atoms with Gasteiger partial charge in [0.15, 0.2) is 11.5 Å². The Bertz CT molecular complexity index is 850. The van der Waals surface area contributed by atoms with Crippen LogP contribution in [-0.2, 0) is 9.53 Å². The number of nitrogens with zero attached hydrogens (tertiary/aromatic N) is 1. The number of hydrogen-bond donors (Lipinski definition) is 1. The van der Waals surface area contributed by atoms with Crippen molar-refractivity contribution in [2.45, 2.75) is 6.04 Å². The zero-order valence-electron chi connectivity index (χ0n) is 15.2. The number of nitrogens with one attached hydrogen (secondary N) is 1. The zero-order chi connectivity index (χ0) is 19.3. The molecule has 1 saturated heterocycles. The van der Waals surface area contributed by atoms with Crippen LogP contribution in [-0.4, -0.2) is 50.4 Å². The van der Waals surface area contributed by atoms with E-state index in [4.69, 9.17) is 25.8 Å². The molecule has 2 aromatic rings. The first-order valence-electron chi connectivity index (χ1n) is 9.11. The van der Waals surface area contributed by atoms with Gasteiger partial charge in [-0.25, -0.2) is 0 Å². The molecule has 1 unspecified atom stereocenters. The van der Waals surface area contributed by atoms with Crippen molar-refractivity contribution >= 4 is 34.9 Å². The van der Waals surface area contributed by atoms with Gasteiger partial charge in [-0.2, -0.15) is 0 Å². The second kappa shape index (κ2) is 8.96. The van der Waals surface area contributed by atoms with Gasteiger partial charge in [-0.1, -0.05) is 17.7 Å². The van der Waals surface area contributed by atoms with Gasteiger partial charge in [0.2, 0.25) is 12.7 Å². The molecule has 0 saturated carbocycles. The fraction of sp³-hybridized carbons (Fsp3) is 0.350. The maximum absolute atomic E-state index is 12.4. The molecule has 8 heteroatoms. The number of rotatable bonds is 6. The van der Waals surface area contributed by atoms with Gasteiger partial charge in [0.05, 0.1) is 24.3 Å². The molecule has 2 aliphatic rings. The molecule has 1 aromatic heterocycles. The van der Waals surface area contributed by atoms with E-state index >= 15 is 0 Å². The summed E-state index contributed by atoms with van der Waals surface area (Å²) in [5.74, 6) is 0.994. The zero-order valence-corrected chi connectivity index (χ0v) is 16.8. The van der Waals surface area contributed by atoms with Gasteiger partial charge in [-0.05, 0) is 35.2 Å². The number of morpholine rings is 1. The van der Waals surface area contributed by atoms with Crippen molar-refractivity contribution in [3.63, 3.8) is 0 Å². The molecule has 0 aliphatic carbocycles. The third-order valence-electron chi connectivity index (χ3n) is 4.70. The van der Waals surface area contributed by atoms with Gasteiger partial charge >= 0.3 is 0 Å². The highest BCUT2D eigenvalue weighted by molar-refractivity contribution is 7.10. The summed E-state index contributed by atoms with van der Waals surface area (Å²) in [6.45, 7) is 3.88. The molecule has 1 fully saturated rings. The van der Waals surface area contributed by atoms with Gasteiger partial charge in [0.1, 0.15) is 0 Å². The third kappa shape index (κ3) is 4.50. The van der Waals surface area contributed by atoms with E-state index in [-0.39, 0.29) is 18.7 Å². The number of thiophene rings is 1. The Morgan fingerprint density at radius 3 is 2.96 bits per heavy atom. The quantitative estimate of drug-likeness (QED) is 0.726. The van der Waals surface area contributed by atoms with E-state index in [1.54, 1.807) is 29.5 Å². The molecular weight excluding hydrogens is 400 g/mol. The minimum absolute atomic E-state index is 0.149. The van der Waals surface area contributed by atoms with E-state index in [1.807, 2.05) is 6.07 Å². The molecule has 0 spiro atoms. The van der Waals surface area contributed by atoms with E-state index in [0.29, 0.717) is 23.1 Å². The third-order valence-corrected chi connectivity index (χ3v) is 5.96. The second-order valence-electron chi connectivity index (χ2n) is 6.49. The van der Waals surface area contributed by atoms with Crippen LogP contribution in [0, 0.1) is 0 Å². The highest BCUT2D eigenvalue weighted by Gasteiger charge is 2.23. The van der Waals surface area contributed by atoms with Crippen LogP contribution in [0.1, 0.15) is 16.5 Å². The van der Waals surface area contributed by atoms with E-state index in [9.17, 15) is 4.79 Å². The Kier molecular flexibility index (Phi) is 6.17. The topological polar surface area (TPSA) is 60.0 Å². The van der Waals surface area contributed by atoms with E-state index < -0.39 is 0 Å². The molecule has 1 aromatic carbocycles. The van der Waals surface area contributed by atoms with Crippen molar-refractivity contribution < 1.29 is 19.0 Å². The van der Waals surface area contributed by atoms with Gasteiger partial charge in [-0.3, -0.25) is 9.69 Å². The Labute approximate surface area is 172 Å². The molecule has 1 atom stereocenters. The Morgan fingerprint density at radius 1 is 1.32 bits per heavy atom. The molecule has 1 N–H and O–H groups in total. The fourth-order valence-corrected chi connectivity index (χ4v) is 4.43. The van der Waals surface area contributed by atoms with Crippen LogP contribution in [0.3, 0.4) is 0 Å². The number of ether oxygens (including phenoxy) is 3. The first-order valence-corrected chi connectivity index (χ1v) is 10.4. The normalized spacial score (nSPS) is 17.8. The van der Waals surface area contributed by atoms with Gasteiger partial charge in [-0.15, -0.1) is 11.3 Å². The minimum atomic E-state index is -0.149. The van der Waals surface area contributed by atoms with Crippen LogP contribution >= 0.6 is 22.9 Å². The lowest BCUT2D eigenvalue weighted by Crippen LogP contribution is -2.43. The largest absolute Gasteiger partial charge is 0.454 e. The Morgan fingerprint density at radius 2 is 2.18 bits per heavy atom. The maximum Gasteiger partial charge on any atom is 0.244 e. The van der Waals surface area contributed by atoms with Crippen LogP contribution < -0.4 is 14.8 Å². The minimum Gasteiger partial charge on any atom is -0.454 e. The van der Waals surface area contributed by atoms with Crippen LogP contribution in [0.2, 0.25) is 5.02 Å². The number of amides is 1. The second-order valence-corrected chi connectivity index (χ2v) is 7.88. The van der Waals surface area contributed by atoms with Crippen LogP contribution in [0.4, 0.5) is 0 Å². The SMILES string of the molecule is O=C(C=Cc1cc(Cl)c2c(c1)OCO2)NCC(c1cccs1)N1CCOCC1. The first kappa shape index (κ1) is 19.3. The molecule has 3 heterocycles. The number of carbonyl (C=O) groups excluding carboxylic acids is 1. The average molecular weight is 421 g/mol. The molecule has 148 valence electrons. The number of benzene rings is 1. The molecule has 6 nitrogen and oxygen atoms in total. The molecule has 4 rings (SSSR count). The highest BCUT2D eigenvalue weighted by atomic mass is 35.5. The lowest BCUT2D eigenvalue weighted by atomic mass is 10.1. The van der Waals surface area contributed by atoms with Crippen LogP contribution in [0.5, 0.6) is 11.5 Å². The molecule has 0 bridgehead atoms. The lowest BCUT2D eigenvalue weighted by Gasteiger charge is -2.34. The Hall–Kier alpha value is -2.06. The molecule has 0 radical (unpaired) electrons. The number of fused-ring (bicyclic) bond motifs is 1. The smallest absolute Gasteiger partial charge is 0.244 e. The van der Waals surface area contributed by atoms with Crippen molar-refractivity contribution in [2.24, 2.45) is 0 Å². The summed E-state index contributed by atoms with van der Waals surface area (Å²) in [6, 6.07) is 7.86. The van der Waals surface area contributed by atoms with Crippen molar-refractivity contribution in [3.05, 3.63) is 51.2 Å². The molecule has 28 heavy (non-hydrogen) atoms. The summed E-state index contributed by atoms with van der Waals surface area (Å²) in [4.78, 5) is 16.0. The van der Waals surface area contributed by atoms with Gasteiger partial charge in [0, 0.05) is 30.6 Å². The van der Waals surface area contributed by atoms with Crippen molar-refractivity contribution in [1.82, 2.24) is 10.2 Å². The van der Waals surface area contributed by atoms with Crippen molar-refractivity contribution in [1.29, 1.82) is 0 Å². The summed E-state index contributed by atoms with van der Waals surface area (Å²) >= 11 is 7.89. The summed E-state index contributed by atoms with van der Waals surface area (Å²) in [5.41, 5.74) is 0.785. The van der Waals surface area contributed by atoms with E-state index in [2.05, 4.69) is 21.7 Å². The fourth-order valence-electron chi connectivity index (χ4n) is 3.29. The summed E-state index contributed by atoms with van der Waals surface area (Å²) in [5, 5.41) is 5.55. The molecule has 1 amide bonds. The summed E-state index contributed by atoms with van der Waals surface area (Å²) in [7, 11) is 0. The number of halogens is 1. The maximum atomic E-state index is 12.4. The van der Waals surface area contributed by atoms with Crippen molar-refractivity contribution in [2.75, 3.05) is 39.6 Å². The van der Waals surface area contributed by atoms with E-state index in [0.717, 1.165) is 31.9 Å². The Balaban J connectivity index is 1.38. The van der Waals surface area contributed by atoms with E-state index in [1.165, 1.54) is 11.0 Å². The number of carbonyl (C=O) groups is 1. The standard InChI is InChI=1S/C20H21ClN2O4S/c21-15-10-14(11-17-20(15)27-13-26-17)3-4-19(24)22-12-16(18-2-1-9-28-18)23-5-7-25-8-6-23/h1-4,9-11,16H,5-8,12-13H2,(H,22,24).